The summed E-state index contributed by atoms with van der Waals surface area (Å²) < 4.78 is 15.9. The Kier molecular flexibility index (Phi) is 6.95. The summed E-state index contributed by atoms with van der Waals surface area (Å²) in [6.07, 6.45) is 1.66. The summed E-state index contributed by atoms with van der Waals surface area (Å²) in [4.78, 5) is 12.6. The highest BCUT2D eigenvalue weighted by atomic mass is 35.5. The Morgan fingerprint density at radius 1 is 1.31 bits per heavy atom. The third-order valence-electron chi connectivity index (χ3n) is 3.98. The number of anilines is 1. The number of thioether (sulfide) groups is 1. The molecule has 1 unspecified atom stereocenters. The first-order chi connectivity index (χ1) is 13.9. The van der Waals surface area contributed by atoms with Gasteiger partial charge in [-0.2, -0.15) is 0 Å². The van der Waals surface area contributed by atoms with Crippen LogP contribution < -0.4 is 5.32 Å². The zero-order chi connectivity index (χ0) is 21.0. The van der Waals surface area contributed by atoms with Crippen molar-refractivity contribution in [1.82, 2.24) is 14.8 Å². The van der Waals surface area contributed by atoms with Gasteiger partial charge in [-0.3, -0.25) is 9.36 Å². The Hall–Kier alpha value is -2.35. The van der Waals surface area contributed by atoms with Crippen LogP contribution in [0.25, 0.3) is 11.4 Å². The molecule has 150 valence electrons. The Bertz CT molecular complexity index is 1060. The summed E-state index contributed by atoms with van der Waals surface area (Å²) in [6, 6.07) is 11.2. The van der Waals surface area contributed by atoms with Gasteiger partial charge in [0.25, 0.3) is 0 Å². The summed E-state index contributed by atoms with van der Waals surface area (Å²) in [5, 5.41) is 11.8. The molecule has 0 radical (unpaired) electrons. The minimum atomic E-state index is -0.511. The van der Waals surface area contributed by atoms with E-state index >= 15 is 0 Å². The van der Waals surface area contributed by atoms with Crippen LogP contribution in [0.4, 0.5) is 10.1 Å². The lowest BCUT2D eigenvalue weighted by Gasteiger charge is -2.14. The van der Waals surface area contributed by atoms with Gasteiger partial charge in [0.15, 0.2) is 11.0 Å². The number of carbonyl (C=O) groups excluding carboxylic acids is 1. The normalized spacial score (nSPS) is 11.9. The molecule has 0 spiro atoms. The quantitative estimate of drug-likeness (QED) is 0.370. The molecule has 29 heavy (non-hydrogen) atoms. The van der Waals surface area contributed by atoms with Crippen molar-refractivity contribution in [2.45, 2.75) is 23.9 Å². The van der Waals surface area contributed by atoms with Crippen molar-refractivity contribution in [2.24, 2.45) is 0 Å². The molecular formula is C20H17Cl2FN4OS. The van der Waals surface area contributed by atoms with Gasteiger partial charge < -0.3 is 5.32 Å². The van der Waals surface area contributed by atoms with Crippen LogP contribution in [0.5, 0.6) is 0 Å². The average Bonchev–Trinajstić information content (AvgIpc) is 3.07. The van der Waals surface area contributed by atoms with E-state index in [0.717, 1.165) is 0 Å². The molecule has 0 bridgehead atoms. The minimum Gasteiger partial charge on any atom is -0.324 e. The Balaban J connectivity index is 1.81. The molecule has 2 aromatic carbocycles. The third kappa shape index (κ3) is 4.98. The van der Waals surface area contributed by atoms with E-state index < -0.39 is 11.1 Å². The number of carbonyl (C=O) groups is 1. The predicted molar refractivity (Wildman–Crippen MR) is 116 cm³/mol. The van der Waals surface area contributed by atoms with Crippen LogP contribution in [0.2, 0.25) is 10.0 Å². The Morgan fingerprint density at radius 3 is 2.76 bits per heavy atom. The first-order valence-corrected chi connectivity index (χ1v) is 10.3. The van der Waals surface area contributed by atoms with Gasteiger partial charge in [-0.05, 0) is 37.3 Å². The second-order valence-electron chi connectivity index (χ2n) is 6.06. The van der Waals surface area contributed by atoms with E-state index in [1.165, 1.54) is 17.8 Å². The Morgan fingerprint density at radius 2 is 2.07 bits per heavy atom. The molecule has 1 heterocycles. The van der Waals surface area contributed by atoms with Gasteiger partial charge in [0.1, 0.15) is 5.82 Å². The SMILES string of the molecule is C=CCn1c(SC(C)C(=O)Nc2ccc(Cl)cc2Cl)nnc1-c1ccccc1F. The number of rotatable bonds is 7. The number of aromatic nitrogens is 3. The van der Waals surface area contributed by atoms with Crippen LogP contribution >= 0.6 is 35.0 Å². The number of allylic oxidation sites excluding steroid dienone is 1. The van der Waals surface area contributed by atoms with E-state index in [0.29, 0.717) is 38.8 Å². The molecule has 0 fully saturated rings. The van der Waals surface area contributed by atoms with E-state index in [1.807, 2.05) is 0 Å². The first kappa shape index (κ1) is 21.4. The summed E-state index contributed by atoms with van der Waals surface area (Å²) in [6.45, 7) is 5.84. The molecule has 1 atom stereocenters. The molecular weight excluding hydrogens is 434 g/mol. The number of halogens is 3. The van der Waals surface area contributed by atoms with Gasteiger partial charge in [0.05, 0.1) is 21.5 Å². The molecule has 1 N–H and O–H groups in total. The van der Waals surface area contributed by atoms with E-state index in [4.69, 9.17) is 23.2 Å². The predicted octanol–water partition coefficient (Wildman–Crippen LogP) is 5.70. The standard InChI is InChI=1S/C20H17Cl2FN4OS/c1-3-10-27-18(14-6-4-5-7-16(14)23)25-26-20(27)29-12(2)19(28)24-17-9-8-13(21)11-15(17)22/h3-9,11-12H,1,10H2,2H3,(H,24,28). The molecule has 3 rings (SSSR count). The fourth-order valence-corrected chi connectivity index (χ4v) is 3.86. The van der Waals surface area contributed by atoms with Crippen LogP contribution in [0.3, 0.4) is 0 Å². The number of hydrogen-bond donors (Lipinski definition) is 1. The number of hydrogen-bond acceptors (Lipinski definition) is 4. The van der Waals surface area contributed by atoms with Crippen molar-refractivity contribution in [3.05, 3.63) is 71.0 Å². The number of benzene rings is 2. The largest absolute Gasteiger partial charge is 0.324 e. The molecule has 3 aromatic rings. The lowest BCUT2D eigenvalue weighted by molar-refractivity contribution is -0.115. The van der Waals surface area contributed by atoms with Crippen molar-refractivity contribution in [3.8, 4) is 11.4 Å². The summed E-state index contributed by atoms with van der Waals surface area (Å²) >= 11 is 13.2. The van der Waals surface area contributed by atoms with Crippen LogP contribution in [0.1, 0.15) is 6.92 Å². The van der Waals surface area contributed by atoms with Crippen molar-refractivity contribution in [2.75, 3.05) is 5.32 Å². The molecule has 5 nitrogen and oxygen atoms in total. The highest BCUT2D eigenvalue weighted by Gasteiger charge is 2.22. The van der Waals surface area contributed by atoms with Crippen LogP contribution in [-0.2, 0) is 11.3 Å². The average molecular weight is 451 g/mol. The molecule has 0 aliphatic heterocycles. The third-order valence-corrected chi connectivity index (χ3v) is 5.61. The van der Waals surface area contributed by atoms with Crippen molar-refractivity contribution < 1.29 is 9.18 Å². The summed E-state index contributed by atoms with van der Waals surface area (Å²) in [5.41, 5.74) is 0.798. The van der Waals surface area contributed by atoms with Gasteiger partial charge in [-0.1, -0.05) is 53.2 Å². The summed E-state index contributed by atoms with van der Waals surface area (Å²) in [7, 11) is 0. The molecule has 1 amide bonds. The maximum Gasteiger partial charge on any atom is 0.237 e. The fraction of sp³-hybridized carbons (Fsp3) is 0.150. The van der Waals surface area contributed by atoms with Crippen molar-refractivity contribution in [1.29, 1.82) is 0 Å². The first-order valence-electron chi connectivity index (χ1n) is 8.62. The minimum absolute atomic E-state index is 0.264. The van der Waals surface area contributed by atoms with E-state index in [1.54, 1.807) is 54.0 Å². The van der Waals surface area contributed by atoms with Crippen LogP contribution in [-0.4, -0.2) is 25.9 Å². The molecule has 0 saturated heterocycles. The van der Waals surface area contributed by atoms with E-state index in [-0.39, 0.29) is 5.91 Å². The van der Waals surface area contributed by atoms with Gasteiger partial charge in [0.2, 0.25) is 5.91 Å². The zero-order valence-corrected chi connectivity index (χ0v) is 17.7. The maximum absolute atomic E-state index is 14.2. The number of amides is 1. The molecule has 1 aromatic heterocycles. The van der Waals surface area contributed by atoms with Crippen LogP contribution in [0.15, 0.2) is 60.3 Å². The van der Waals surface area contributed by atoms with Gasteiger partial charge in [-0.25, -0.2) is 4.39 Å². The van der Waals surface area contributed by atoms with Crippen molar-refractivity contribution in [3.63, 3.8) is 0 Å². The number of nitrogens with zero attached hydrogens (tertiary/aromatic N) is 3. The van der Waals surface area contributed by atoms with Gasteiger partial charge in [-0.15, -0.1) is 16.8 Å². The lowest BCUT2D eigenvalue weighted by atomic mass is 10.2. The second kappa shape index (κ2) is 9.43. The van der Waals surface area contributed by atoms with E-state index in [2.05, 4.69) is 22.1 Å². The smallest absolute Gasteiger partial charge is 0.237 e. The second-order valence-corrected chi connectivity index (χ2v) is 8.21. The lowest BCUT2D eigenvalue weighted by Crippen LogP contribution is -2.23. The van der Waals surface area contributed by atoms with Crippen molar-refractivity contribution >= 4 is 46.6 Å². The molecule has 0 saturated carbocycles. The van der Waals surface area contributed by atoms with Crippen LogP contribution in [0, 0.1) is 5.82 Å². The monoisotopic (exact) mass is 450 g/mol. The van der Waals surface area contributed by atoms with E-state index in [9.17, 15) is 9.18 Å². The Labute approximate surface area is 181 Å². The topological polar surface area (TPSA) is 59.8 Å². The number of nitrogens with one attached hydrogen (secondary N) is 1. The van der Waals surface area contributed by atoms with Gasteiger partial charge >= 0.3 is 0 Å². The maximum atomic E-state index is 14.2. The highest BCUT2D eigenvalue weighted by Crippen LogP contribution is 2.30. The highest BCUT2D eigenvalue weighted by molar-refractivity contribution is 8.00. The fourth-order valence-electron chi connectivity index (χ4n) is 2.55. The molecule has 0 aliphatic rings. The molecule has 0 aliphatic carbocycles. The van der Waals surface area contributed by atoms with Gasteiger partial charge in [0, 0.05) is 11.6 Å². The molecule has 9 heteroatoms. The zero-order valence-electron chi connectivity index (χ0n) is 15.4. The summed E-state index contributed by atoms with van der Waals surface area (Å²) in [5.74, 6) is -0.288.